The molecule has 0 saturated heterocycles. The molecule has 138 valence electrons. The van der Waals surface area contributed by atoms with Crippen molar-refractivity contribution in [3.63, 3.8) is 0 Å². The summed E-state index contributed by atoms with van der Waals surface area (Å²) < 4.78 is 5.99. The minimum atomic E-state index is -0.555. The molecule has 1 aromatic heterocycles. The van der Waals surface area contributed by atoms with Crippen LogP contribution in [0.2, 0.25) is 0 Å². The van der Waals surface area contributed by atoms with Crippen molar-refractivity contribution in [2.45, 2.75) is 20.8 Å². The summed E-state index contributed by atoms with van der Waals surface area (Å²) in [6.07, 6.45) is 0. The van der Waals surface area contributed by atoms with Crippen molar-refractivity contribution in [3.05, 3.63) is 69.9 Å². The van der Waals surface area contributed by atoms with Gasteiger partial charge in [0, 0.05) is 17.0 Å². The average Bonchev–Trinajstić information content (AvgIpc) is 2.68. The van der Waals surface area contributed by atoms with E-state index in [9.17, 15) is 14.4 Å². The van der Waals surface area contributed by atoms with Crippen molar-refractivity contribution in [1.82, 2.24) is 10.9 Å². The standard InChI is InChI=1S/C21H20N2O4/c1-12(2)20(25)22-23-21(26)16-11-7-10-15-17(24)13(3)18(27-19(15)16)14-8-5-4-6-9-14/h4-12H,1-3H3,(H,22,25)(H,23,26). The maximum atomic E-state index is 12.8. The van der Waals surface area contributed by atoms with Gasteiger partial charge in [-0.2, -0.15) is 0 Å². The number of para-hydroxylation sites is 1. The van der Waals surface area contributed by atoms with Crippen molar-refractivity contribution in [1.29, 1.82) is 0 Å². The van der Waals surface area contributed by atoms with Gasteiger partial charge in [-0.05, 0) is 19.1 Å². The fourth-order valence-electron chi connectivity index (χ4n) is 2.68. The molecule has 0 aliphatic carbocycles. The van der Waals surface area contributed by atoms with E-state index in [-0.39, 0.29) is 28.4 Å². The molecular formula is C21H20N2O4. The highest BCUT2D eigenvalue weighted by molar-refractivity contribution is 6.05. The van der Waals surface area contributed by atoms with E-state index >= 15 is 0 Å². The first-order valence-electron chi connectivity index (χ1n) is 8.62. The van der Waals surface area contributed by atoms with E-state index in [1.54, 1.807) is 39.0 Å². The topological polar surface area (TPSA) is 88.4 Å². The molecular weight excluding hydrogens is 344 g/mol. The van der Waals surface area contributed by atoms with E-state index in [1.165, 1.54) is 0 Å². The lowest BCUT2D eigenvalue weighted by Gasteiger charge is -2.12. The van der Waals surface area contributed by atoms with Gasteiger partial charge in [-0.25, -0.2) is 0 Å². The number of hydrazine groups is 1. The van der Waals surface area contributed by atoms with Crippen molar-refractivity contribution in [2.24, 2.45) is 5.92 Å². The van der Waals surface area contributed by atoms with Gasteiger partial charge < -0.3 is 4.42 Å². The fourth-order valence-corrected chi connectivity index (χ4v) is 2.68. The van der Waals surface area contributed by atoms with Crippen molar-refractivity contribution in [3.8, 4) is 11.3 Å². The Bertz CT molecular complexity index is 1070. The van der Waals surface area contributed by atoms with Crippen LogP contribution in [0.3, 0.4) is 0 Å². The summed E-state index contributed by atoms with van der Waals surface area (Å²) >= 11 is 0. The van der Waals surface area contributed by atoms with E-state index in [0.717, 1.165) is 5.56 Å². The van der Waals surface area contributed by atoms with Gasteiger partial charge in [-0.1, -0.05) is 50.2 Å². The molecule has 0 bridgehead atoms. The van der Waals surface area contributed by atoms with E-state index in [4.69, 9.17) is 4.42 Å². The SMILES string of the molecule is Cc1c(-c2ccccc2)oc2c(C(=O)NNC(=O)C(C)C)cccc2c1=O. The molecule has 1 heterocycles. The number of hydrogen-bond acceptors (Lipinski definition) is 4. The van der Waals surface area contributed by atoms with Crippen molar-refractivity contribution in [2.75, 3.05) is 0 Å². The smallest absolute Gasteiger partial charge is 0.273 e. The number of hydrogen-bond donors (Lipinski definition) is 2. The molecule has 27 heavy (non-hydrogen) atoms. The number of fused-ring (bicyclic) bond motifs is 1. The van der Waals surface area contributed by atoms with Crippen LogP contribution >= 0.6 is 0 Å². The molecule has 0 aliphatic heterocycles. The van der Waals surface area contributed by atoms with Gasteiger partial charge in [0.15, 0.2) is 11.0 Å². The molecule has 0 unspecified atom stereocenters. The number of amides is 2. The zero-order chi connectivity index (χ0) is 19.6. The maximum absolute atomic E-state index is 12.8. The number of rotatable bonds is 3. The Morgan fingerprint density at radius 3 is 2.33 bits per heavy atom. The molecule has 3 aromatic rings. The lowest BCUT2D eigenvalue weighted by Crippen LogP contribution is -2.43. The molecule has 0 aliphatic rings. The summed E-state index contributed by atoms with van der Waals surface area (Å²) in [6, 6.07) is 14.0. The Hall–Kier alpha value is -3.41. The summed E-state index contributed by atoms with van der Waals surface area (Å²) in [5.41, 5.74) is 6.10. The first kappa shape index (κ1) is 18.4. The minimum Gasteiger partial charge on any atom is -0.455 e. The molecule has 0 spiro atoms. The first-order valence-corrected chi connectivity index (χ1v) is 8.62. The fraction of sp³-hybridized carbons (Fsp3) is 0.190. The van der Waals surface area contributed by atoms with Crippen LogP contribution in [0.5, 0.6) is 0 Å². The largest absolute Gasteiger partial charge is 0.455 e. The summed E-state index contributed by atoms with van der Waals surface area (Å²) in [7, 11) is 0. The monoisotopic (exact) mass is 364 g/mol. The van der Waals surface area contributed by atoms with E-state index < -0.39 is 5.91 Å². The Kier molecular flexibility index (Phi) is 5.07. The van der Waals surface area contributed by atoms with E-state index in [0.29, 0.717) is 16.7 Å². The van der Waals surface area contributed by atoms with Gasteiger partial charge >= 0.3 is 0 Å². The lowest BCUT2D eigenvalue weighted by molar-refractivity contribution is -0.124. The molecule has 0 radical (unpaired) electrons. The Labute approximate surface area is 156 Å². The van der Waals surface area contributed by atoms with Crippen LogP contribution in [-0.2, 0) is 4.79 Å². The van der Waals surface area contributed by atoms with E-state index in [2.05, 4.69) is 10.9 Å². The van der Waals surface area contributed by atoms with Gasteiger partial charge in [0.25, 0.3) is 5.91 Å². The summed E-state index contributed by atoms with van der Waals surface area (Å²) in [5, 5.41) is 0.315. The molecule has 3 rings (SSSR count). The third-order valence-electron chi connectivity index (χ3n) is 4.25. The minimum absolute atomic E-state index is 0.172. The quantitative estimate of drug-likeness (QED) is 0.699. The highest BCUT2D eigenvalue weighted by Crippen LogP contribution is 2.27. The van der Waals surface area contributed by atoms with Gasteiger partial charge in [-0.3, -0.25) is 25.2 Å². The Morgan fingerprint density at radius 2 is 1.67 bits per heavy atom. The zero-order valence-electron chi connectivity index (χ0n) is 15.3. The highest BCUT2D eigenvalue weighted by Gasteiger charge is 2.19. The average molecular weight is 364 g/mol. The lowest BCUT2D eigenvalue weighted by atomic mass is 10.0. The Morgan fingerprint density at radius 1 is 0.963 bits per heavy atom. The molecule has 2 amide bonds. The third-order valence-corrected chi connectivity index (χ3v) is 4.25. The second-order valence-electron chi connectivity index (χ2n) is 6.53. The van der Waals surface area contributed by atoms with Gasteiger partial charge in [0.1, 0.15) is 5.76 Å². The summed E-state index contributed by atoms with van der Waals surface area (Å²) in [5.74, 6) is -0.728. The highest BCUT2D eigenvalue weighted by atomic mass is 16.3. The number of carbonyl (C=O) groups excluding carboxylic acids is 2. The predicted octanol–water partition coefficient (Wildman–Crippen LogP) is 3.19. The molecule has 6 heteroatoms. The van der Waals surface area contributed by atoms with Crippen LogP contribution in [0.1, 0.15) is 29.8 Å². The van der Waals surface area contributed by atoms with Crippen LogP contribution in [0.25, 0.3) is 22.3 Å². The number of benzene rings is 2. The van der Waals surface area contributed by atoms with Crippen LogP contribution in [-0.4, -0.2) is 11.8 Å². The zero-order valence-corrected chi connectivity index (χ0v) is 15.3. The van der Waals surface area contributed by atoms with Crippen LogP contribution in [0.4, 0.5) is 0 Å². The Balaban J connectivity index is 2.10. The van der Waals surface area contributed by atoms with E-state index in [1.807, 2.05) is 30.3 Å². The van der Waals surface area contributed by atoms with Crippen molar-refractivity contribution < 1.29 is 14.0 Å². The molecule has 2 aromatic carbocycles. The van der Waals surface area contributed by atoms with Gasteiger partial charge in [0.2, 0.25) is 5.91 Å². The summed E-state index contributed by atoms with van der Waals surface area (Å²) in [6.45, 7) is 5.13. The molecule has 0 saturated carbocycles. The second-order valence-corrected chi connectivity index (χ2v) is 6.53. The van der Waals surface area contributed by atoms with Crippen molar-refractivity contribution >= 4 is 22.8 Å². The number of nitrogens with one attached hydrogen (secondary N) is 2. The van der Waals surface area contributed by atoms with Crippen LogP contribution in [0, 0.1) is 12.8 Å². The van der Waals surface area contributed by atoms with Crippen LogP contribution < -0.4 is 16.3 Å². The molecule has 0 atom stereocenters. The molecule has 2 N–H and O–H groups in total. The first-order chi connectivity index (χ1) is 12.9. The third kappa shape index (κ3) is 3.60. The van der Waals surface area contributed by atoms with Gasteiger partial charge in [-0.15, -0.1) is 0 Å². The summed E-state index contributed by atoms with van der Waals surface area (Å²) in [4.78, 5) is 37.0. The van der Waals surface area contributed by atoms with Crippen LogP contribution in [0.15, 0.2) is 57.7 Å². The predicted molar refractivity (Wildman–Crippen MR) is 103 cm³/mol. The second kappa shape index (κ2) is 7.45. The maximum Gasteiger partial charge on any atom is 0.273 e. The van der Waals surface area contributed by atoms with Gasteiger partial charge in [0.05, 0.1) is 10.9 Å². The molecule has 6 nitrogen and oxygen atoms in total. The molecule has 0 fully saturated rings. The normalized spacial score (nSPS) is 10.8. The number of carbonyl (C=O) groups is 2.